The fourth-order valence-corrected chi connectivity index (χ4v) is 4.03. The molecule has 1 amide bonds. The number of nitrogens with zero attached hydrogens (tertiary/aromatic N) is 1. The Balaban J connectivity index is 1.63. The van der Waals surface area contributed by atoms with E-state index in [1.54, 1.807) is 7.11 Å². The largest absolute Gasteiger partial charge is 0.496 e. The van der Waals surface area contributed by atoms with Crippen molar-refractivity contribution in [2.45, 2.75) is 25.0 Å². The van der Waals surface area contributed by atoms with Gasteiger partial charge in [0.15, 0.2) is 0 Å². The first-order chi connectivity index (χ1) is 11.7. The second-order valence-electron chi connectivity index (χ2n) is 6.60. The maximum atomic E-state index is 13.0. The van der Waals surface area contributed by atoms with Gasteiger partial charge in [0.2, 0.25) is 0 Å². The number of amides is 1. The van der Waals surface area contributed by atoms with E-state index in [-0.39, 0.29) is 30.6 Å². The number of rotatable bonds is 3. The lowest BCUT2D eigenvalue weighted by molar-refractivity contribution is -0.0450. The maximum Gasteiger partial charge on any atom is 0.270 e. The summed E-state index contributed by atoms with van der Waals surface area (Å²) in [5, 5.41) is 10.3. The molecule has 1 unspecified atom stereocenters. The van der Waals surface area contributed by atoms with Gasteiger partial charge in [-0.15, -0.1) is 0 Å². The van der Waals surface area contributed by atoms with Gasteiger partial charge in [-0.2, -0.15) is 0 Å². The fourth-order valence-electron chi connectivity index (χ4n) is 4.03. The highest BCUT2D eigenvalue weighted by atomic mass is 16.5. The average molecular weight is 330 g/mol. The Morgan fingerprint density at radius 2 is 2.33 bits per heavy atom. The normalized spacial score (nSPS) is 26.6. The minimum Gasteiger partial charge on any atom is -0.496 e. The lowest BCUT2D eigenvalue weighted by Crippen LogP contribution is -2.51. The summed E-state index contributed by atoms with van der Waals surface area (Å²) in [4.78, 5) is 18.2. The molecule has 1 aliphatic heterocycles. The second kappa shape index (κ2) is 6.11. The van der Waals surface area contributed by atoms with Crippen LogP contribution in [0.15, 0.2) is 24.3 Å². The Morgan fingerprint density at radius 3 is 3.12 bits per heavy atom. The maximum absolute atomic E-state index is 13.0. The molecule has 4 rings (SSSR count). The molecule has 128 valence electrons. The third-order valence-electron chi connectivity index (χ3n) is 5.23. The van der Waals surface area contributed by atoms with Crippen LogP contribution in [-0.4, -0.2) is 59.9 Å². The van der Waals surface area contributed by atoms with Crippen molar-refractivity contribution in [3.63, 3.8) is 0 Å². The van der Waals surface area contributed by atoms with Crippen LogP contribution in [-0.2, 0) is 4.74 Å². The molecule has 2 fully saturated rings. The van der Waals surface area contributed by atoms with Crippen LogP contribution >= 0.6 is 0 Å². The highest BCUT2D eigenvalue weighted by Crippen LogP contribution is 2.35. The Morgan fingerprint density at radius 1 is 1.46 bits per heavy atom. The number of aromatic amines is 1. The van der Waals surface area contributed by atoms with Gasteiger partial charge in [-0.1, -0.05) is 6.07 Å². The first kappa shape index (κ1) is 15.5. The summed E-state index contributed by atoms with van der Waals surface area (Å²) in [6.45, 7) is 1.29. The number of aliphatic hydroxyl groups is 1. The van der Waals surface area contributed by atoms with Crippen molar-refractivity contribution in [2.24, 2.45) is 5.92 Å². The number of morpholine rings is 1. The van der Waals surface area contributed by atoms with Gasteiger partial charge in [-0.3, -0.25) is 4.79 Å². The van der Waals surface area contributed by atoms with Gasteiger partial charge < -0.3 is 24.5 Å². The van der Waals surface area contributed by atoms with Crippen molar-refractivity contribution in [2.75, 3.05) is 26.9 Å². The summed E-state index contributed by atoms with van der Waals surface area (Å²) in [5.41, 5.74) is 1.46. The van der Waals surface area contributed by atoms with Gasteiger partial charge in [0.05, 0.1) is 25.9 Å². The number of hydrogen-bond acceptors (Lipinski definition) is 4. The third-order valence-corrected chi connectivity index (χ3v) is 5.23. The molecule has 3 atom stereocenters. The highest BCUT2D eigenvalue weighted by Gasteiger charge is 2.43. The topological polar surface area (TPSA) is 74.8 Å². The standard InChI is InChI=1S/C18H22N2O4/c1-23-16-4-2-3-13-12(16)9-14(19-13)18(22)20-5-6-24-17-8-11(10-21)7-15(17)20/h2-4,9,11,15,17,19,21H,5-8,10H2,1H3/t11-,15+,17?/m1/s1. The molecule has 2 aliphatic rings. The Hall–Kier alpha value is -2.05. The van der Waals surface area contributed by atoms with Crippen LogP contribution in [0.2, 0.25) is 0 Å². The van der Waals surface area contributed by atoms with E-state index in [2.05, 4.69) is 4.98 Å². The molecule has 1 aliphatic carbocycles. The van der Waals surface area contributed by atoms with E-state index in [9.17, 15) is 9.90 Å². The zero-order valence-corrected chi connectivity index (χ0v) is 13.7. The van der Waals surface area contributed by atoms with E-state index < -0.39 is 0 Å². The molecule has 0 spiro atoms. The molecule has 24 heavy (non-hydrogen) atoms. The summed E-state index contributed by atoms with van der Waals surface area (Å²) < 4.78 is 11.2. The monoisotopic (exact) mass is 330 g/mol. The predicted molar refractivity (Wildman–Crippen MR) is 89.2 cm³/mol. The summed E-state index contributed by atoms with van der Waals surface area (Å²) in [7, 11) is 1.63. The van der Waals surface area contributed by atoms with E-state index in [1.807, 2.05) is 29.2 Å². The number of methoxy groups -OCH3 is 1. The van der Waals surface area contributed by atoms with Crippen molar-refractivity contribution in [3.8, 4) is 5.75 Å². The molecule has 0 bridgehead atoms. The van der Waals surface area contributed by atoms with Crippen LogP contribution in [0.1, 0.15) is 23.3 Å². The van der Waals surface area contributed by atoms with Crippen molar-refractivity contribution >= 4 is 16.8 Å². The number of H-pyrrole nitrogens is 1. The molecule has 1 saturated heterocycles. The molecule has 6 heteroatoms. The van der Waals surface area contributed by atoms with E-state index in [0.717, 1.165) is 29.5 Å². The number of hydrogen-bond donors (Lipinski definition) is 2. The van der Waals surface area contributed by atoms with Gasteiger partial charge in [0.1, 0.15) is 11.4 Å². The molecule has 2 heterocycles. The smallest absolute Gasteiger partial charge is 0.270 e. The zero-order valence-electron chi connectivity index (χ0n) is 13.7. The minimum absolute atomic E-state index is 0.00913. The number of aromatic nitrogens is 1. The predicted octanol–water partition coefficient (Wildman–Crippen LogP) is 1.79. The number of benzene rings is 1. The summed E-state index contributed by atoms with van der Waals surface area (Å²) in [6, 6.07) is 7.64. The van der Waals surface area contributed by atoms with Crippen LogP contribution in [0.25, 0.3) is 10.9 Å². The van der Waals surface area contributed by atoms with Gasteiger partial charge in [-0.25, -0.2) is 0 Å². The van der Waals surface area contributed by atoms with Crippen molar-refractivity contribution in [1.29, 1.82) is 0 Å². The highest BCUT2D eigenvalue weighted by molar-refractivity contribution is 5.99. The number of ether oxygens (including phenoxy) is 2. The van der Waals surface area contributed by atoms with Gasteiger partial charge in [-0.05, 0) is 37.0 Å². The molecule has 1 aromatic carbocycles. The number of carbonyl (C=O) groups excluding carboxylic acids is 1. The SMILES string of the molecule is COc1cccc2[nH]c(C(=O)N3CCOC4C[C@H](CO)C[C@@H]43)cc12. The Bertz CT molecular complexity index is 757. The van der Waals surface area contributed by atoms with Gasteiger partial charge >= 0.3 is 0 Å². The molecular formula is C18H22N2O4. The van der Waals surface area contributed by atoms with E-state index >= 15 is 0 Å². The number of fused-ring (bicyclic) bond motifs is 2. The van der Waals surface area contributed by atoms with Crippen LogP contribution in [0.4, 0.5) is 0 Å². The molecule has 1 aromatic heterocycles. The van der Waals surface area contributed by atoms with E-state index in [1.165, 1.54) is 0 Å². The summed E-state index contributed by atoms with van der Waals surface area (Å²) >= 11 is 0. The van der Waals surface area contributed by atoms with Crippen LogP contribution < -0.4 is 4.74 Å². The molecular weight excluding hydrogens is 308 g/mol. The lowest BCUT2D eigenvalue weighted by atomic mass is 10.1. The number of aliphatic hydroxyl groups excluding tert-OH is 1. The molecule has 6 nitrogen and oxygen atoms in total. The third kappa shape index (κ3) is 2.46. The van der Waals surface area contributed by atoms with Crippen molar-refractivity contribution in [1.82, 2.24) is 9.88 Å². The van der Waals surface area contributed by atoms with Crippen molar-refractivity contribution < 1.29 is 19.4 Å². The quantitative estimate of drug-likeness (QED) is 0.900. The summed E-state index contributed by atoms with van der Waals surface area (Å²) in [5.74, 6) is 0.963. The van der Waals surface area contributed by atoms with E-state index in [0.29, 0.717) is 18.8 Å². The van der Waals surface area contributed by atoms with Gasteiger partial charge in [0, 0.05) is 24.1 Å². The molecule has 1 saturated carbocycles. The zero-order chi connectivity index (χ0) is 16.7. The Labute approximate surface area is 140 Å². The fraction of sp³-hybridized carbons (Fsp3) is 0.500. The second-order valence-corrected chi connectivity index (χ2v) is 6.60. The van der Waals surface area contributed by atoms with E-state index in [4.69, 9.17) is 9.47 Å². The molecule has 2 aromatic rings. The van der Waals surface area contributed by atoms with Crippen LogP contribution in [0, 0.1) is 5.92 Å². The molecule has 0 radical (unpaired) electrons. The number of nitrogens with one attached hydrogen (secondary N) is 1. The average Bonchev–Trinajstić information content (AvgIpc) is 3.23. The first-order valence-electron chi connectivity index (χ1n) is 8.40. The summed E-state index contributed by atoms with van der Waals surface area (Å²) in [6.07, 6.45) is 1.67. The Kier molecular flexibility index (Phi) is 3.94. The molecule has 2 N–H and O–H groups in total. The van der Waals surface area contributed by atoms with Gasteiger partial charge in [0.25, 0.3) is 5.91 Å². The lowest BCUT2D eigenvalue weighted by Gasteiger charge is -2.37. The van der Waals surface area contributed by atoms with Crippen LogP contribution in [0.5, 0.6) is 5.75 Å². The minimum atomic E-state index is -0.00913. The van der Waals surface area contributed by atoms with Crippen LogP contribution in [0.3, 0.4) is 0 Å². The first-order valence-corrected chi connectivity index (χ1v) is 8.40. The number of carbonyl (C=O) groups is 1. The van der Waals surface area contributed by atoms with Crippen molar-refractivity contribution in [3.05, 3.63) is 30.0 Å².